The Balaban J connectivity index is 0.967. The van der Waals surface area contributed by atoms with E-state index in [-0.39, 0.29) is 0 Å². The molecule has 0 fully saturated rings. The van der Waals surface area contributed by atoms with Crippen LogP contribution in [-0.4, -0.2) is 8.07 Å². The quantitative estimate of drug-likeness (QED) is 0.149. The van der Waals surface area contributed by atoms with E-state index in [9.17, 15) is 0 Å². The summed E-state index contributed by atoms with van der Waals surface area (Å²) in [6.07, 6.45) is 0. The summed E-state index contributed by atoms with van der Waals surface area (Å²) in [4.78, 5) is 4.83. The Morgan fingerprint density at radius 2 is 0.816 bits per heavy atom. The SMILES string of the molecule is c1ccc(-c2ccc(N(c3ccc4c(c3)oc3cc5c(cc34)N(c3ccccc3)c3ccccc3[Si]5(c3ccc4c(c3)oc3ccccc34)c3ccc4c(c3)oc3ccccc34)c3cccc4ccccc34)cc2)cc1. The molecule has 0 amide bonds. The minimum absolute atomic E-state index is 0.810. The molecule has 0 N–H and O–H groups in total. The van der Waals surface area contributed by atoms with E-state index in [1.807, 2.05) is 12.1 Å². The summed E-state index contributed by atoms with van der Waals surface area (Å²) in [5, 5.41) is 13.7. The van der Waals surface area contributed by atoms with Crippen LogP contribution in [0.1, 0.15) is 0 Å². The Morgan fingerprint density at radius 1 is 0.303 bits per heavy atom. The first-order valence-electron chi connectivity index (χ1n) is 25.9. The summed E-state index contributed by atoms with van der Waals surface area (Å²) in [5.74, 6) is 0. The maximum atomic E-state index is 7.30. The van der Waals surface area contributed by atoms with Gasteiger partial charge < -0.3 is 23.1 Å². The van der Waals surface area contributed by atoms with E-state index in [0.29, 0.717) is 0 Å². The Bertz CT molecular complexity index is 4670. The molecular formula is C70H44N2O3Si. The highest BCUT2D eigenvalue weighted by Gasteiger charge is 2.50. The van der Waals surface area contributed by atoms with E-state index < -0.39 is 8.07 Å². The number of hydrogen-bond acceptors (Lipinski definition) is 5. The topological polar surface area (TPSA) is 45.9 Å². The van der Waals surface area contributed by atoms with Crippen molar-refractivity contribution in [1.29, 1.82) is 0 Å². The van der Waals surface area contributed by atoms with E-state index in [1.165, 1.54) is 37.3 Å². The largest absolute Gasteiger partial charge is 0.456 e. The lowest BCUT2D eigenvalue weighted by atomic mass is 10.0. The number of anilines is 6. The standard InChI is InChI=1S/C70H44N2O3Si/c1-3-16-45(17-4-1)46-30-32-49(33-31-46)71(60-26-15-19-47-18-7-8-22-53(47)60)50-34-37-58-59-43-62-70(44-68(59)75-65(58)40-50)76(51-35-38-56-54-23-9-12-27-63(54)73-66(56)41-51,52-36-39-57-55-24-10-13-28-64(55)74-67(57)42-52)69-29-14-11-25-61(69)72(62)48-20-5-2-6-21-48/h1-44H. The van der Waals surface area contributed by atoms with Crippen LogP contribution in [0.3, 0.4) is 0 Å². The summed E-state index contributed by atoms with van der Waals surface area (Å²) in [6.45, 7) is 0. The van der Waals surface area contributed by atoms with Crippen molar-refractivity contribution in [2.75, 3.05) is 9.80 Å². The maximum absolute atomic E-state index is 7.30. The third-order valence-corrected chi connectivity index (χ3v) is 20.7. The van der Waals surface area contributed by atoms with Gasteiger partial charge in [-0.25, -0.2) is 0 Å². The molecule has 1 aliphatic rings. The second-order valence-electron chi connectivity index (χ2n) is 20.0. The normalized spacial score (nSPS) is 13.1. The second kappa shape index (κ2) is 16.6. The zero-order valence-corrected chi connectivity index (χ0v) is 42.0. The zero-order valence-electron chi connectivity index (χ0n) is 41.0. The first-order chi connectivity index (χ1) is 37.7. The van der Waals surface area contributed by atoms with Crippen LogP contribution >= 0.6 is 0 Å². The number of fused-ring (bicyclic) bond motifs is 12. The molecule has 3 aromatic heterocycles. The van der Waals surface area contributed by atoms with Crippen LogP contribution in [0, 0.1) is 0 Å². The van der Waals surface area contributed by atoms with Crippen LogP contribution in [0.2, 0.25) is 0 Å². The van der Waals surface area contributed by atoms with Crippen LogP contribution in [0.15, 0.2) is 280 Å². The van der Waals surface area contributed by atoms with E-state index in [2.05, 4.69) is 265 Å². The number of para-hydroxylation sites is 4. The highest BCUT2D eigenvalue weighted by atomic mass is 28.3. The lowest BCUT2D eigenvalue weighted by Gasteiger charge is -2.45. The summed E-state index contributed by atoms with van der Waals surface area (Å²) in [7, 11) is -3.35. The second-order valence-corrected chi connectivity index (χ2v) is 23.7. The molecule has 0 radical (unpaired) electrons. The van der Waals surface area contributed by atoms with E-state index in [4.69, 9.17) is 13.3 Å². The van der Waals surface area contributed by atoms with Gasteiger partial charge in [-0.2, -0.15) is 0 Å². The molecule has 0 saturated heterocycles. The Morgan fingerprint density at radius 3 is 1.54 bits per heavy atom. The highest BCUT2D eigenvalue weighted by Crippen LogP contribution is 2.45. The fourth-order valence-electron chi connectivity index (χ4n) is 12.5. The van der Waals surface area contributed by atoms with Crippen molar-refractivity contribution in [3.63, 3.8) is 0 Å². The van der Waals surface area contributed by atoms with Gasteiger partial charge in [0.05, 0.1) is 5.69 Å². The zero-order chi connectivity index (χ0) is 49.9. The van der Waals surface area contributed by atoms with Gasteiger partial charge in [-0.15, -0.1) is 0 Å². The molecular weight excluding hydrogens is 945 g/mol. The van der Waals surface area contributed by atoms with Crippen LogP contribution in [0.25, 0.3) is 87.7 Å². The Labute approximate surface area is 438 Å². The van der Waals surface area contributed by atoms with E-state index in [1.54, 1.807) is 0 Å². The van der Waals surface area contributed by atoms with Gasteiger partial charge in [0.1, 0.15) is 33.5 Å². The third kappa shape index (κ3) is 6.31. The van der Waals surface area contributed by atoms with Crippen molar-refractivity contribution >= 4 is 140 Å². The maximum Gasteiger partial charge on any atom is 0.184 e. The fraction of sp³-hybridized carbons (Fsp3) is 0. The number of benzene rings is 12. The molecule has 4 heterocycles. The van der Waals surface area contributed by atoms with Gasteiger partial charge >= 0.3 is 0 Å². The number of furan rings is 3. The van der Waals surface area contributed by atoms with E-state index in [0.717, 1.165) is 105 Å². The van der Waals surface area contributed by atoms with Gasteiger partial charge in [-0.1, -0.05) is 176 Å². The molecule has 0 bridgehead atoms. The molecule has 0 atom stereocenters. The average molecular weight is 989 g/mol. The summed E-state index contributed by atoms with van der Waals surface area (Å²) < 4.78 is 20.8. The summed E-state index contributed by atoms with van der Waals surface area (Å²) >= 11 is 0. The lowest BCUT2D eigenvalue weighted by Crippen LogP contribution is -2.77. The van der Waals surface area contributed by atoms with Crippen molar-refractivity contribution in [2.24, 2.45) is 0 Å². The third-order valence-electron chi connectivity index (χ3n) is 15.9. The molecule has 0 saturated carbocycles. The van der Waals surface area contributed by atoms with Crippen LogP contribution in [-0.2, 0) is 0 Å². The first kappa shape index (κ1) is 42.6. The molecule has 356 valence electrons. The van der Waals surface area contributed by atoms with Crippen molar-refractivity contribution in [2.45, 2.75) is 0 Å². The molecule has 6 heteroatoms. The van der Waals surface area contributed by atoms with Gasteiger partial charge in [0.25, 0.3) is 0 Å². The molecule has 12 aromatic carbocycles. The average Bonchev–Trinajstić information content (AvgIpc) is 4.19. The molecule has 0 spiro atoms. The smallest absolute Gasteiger partial charge is 0.184 e. The van der Waals surface area contributed by atoms with Crippen molar-refractivity contribution in [1.82, 2.24) is 0 Å². The minimum atomic E-state index is -3.35. The fourth-order valence-corrected chi connectivity index (χ4v) is 17.6. The molecule has 0 unspecified atom stereocenters. The molecule has 76 heavy (non-hydrogen) atoms. The van der Waals surface area contributed by atoms with Gasteiger partial charge in [0.2, 0.25) is 0 Å². The Hall–Kier alpha value is -9.88. The Kier molecular flexibility index (Phi) is 9.29. The lowest BCUT2D eigenvalue weighted by molar-refractivity contribution is 0.669. The minimum Gasteiger partial charge on any atom is -0.456 e. The van der Waals surface area contributed by atoms with Crippen molar-refractivity contribution in [3.05, 3.63) is 267 Å². The number of nitrogens with zero attached hydrogens (tertiary/aromatic N) is 2. The van der Waals surface area contributed by atoms with Crippen molar-refractivity contribution in [3.8, 4) is 11.1 Å². The van der Waals surface area contributed by atoms with Gasteiger partial charge in [-0.3, -0.25) is 0 Å². The van der Waals surface area contributed by atoms with E-state index >= 15 is 0 Å². The van der Waals surface area contributed by atoms with Gasteiger partial charge in [-0.05, 0) is 122 Å². The number of hydrogen-bond donors (Lipinski definition) is 0. The molecule has 15 aromatic rings. The highest BCUT2D eigenvalue weighted by molar-refractivity contribution is 7.21. The van der Waals surface area contributed by atoms with Crippen LogP contribution in [0.4, 0.5) is 34.1 Å². The van der Waals surface area contributed by atoms with Gasteiger partial charge in [0, 0.05) is 72.2 Å². The molecule has 16 rings (SSSR count). The molecule has 1 aliphatic heterocycles. The molecule has 0 aliphatic carbocycles. The monoisotopic (exact) mass is 988 g/mol. The first-order valence-corrected chi connectivity index (χ1v) is 27.9. The summed E-state index contributed by atoms with van der Waals surface area (Å²) in [5.41, 5.74) is 13.9. The predicted octanol–water partition coefficient (Wildman–Crippen LogP) is 16.8. The molecule has 5 nitrogen and oxygen atoms in total. The van der Waals surface area contributed by atoms with Crippen LogP contribution in [0.5, 0.6) is 0 Å². The predicted molar refractivity (Wildman–Crippen MR) is 318 cm³/mol. The van der Waals surface area contributed by atoms with Gasteiger partial charge in [0.15, 0.2) is 8.07 Å². The summed E-state index contributed by atoms with van der Waals surface area (Å²) in [6, 6.07) is 96.5. The number of rotatable bonds is 7. The van der Waals surface area contributed by atoms with Crippen LogP contribution < -0.4 is 30.5 Å². The van der Waals surface area contributed by atoms with Crippen molar-refractivity contribution < 1.29 is 13.3 Å².